The molecule has 0 aromatic carbocycles. The molecule has 1 aliphatic rings. The molecule has 0 spiro atoms. The van der Waals surface area contributed by atoms with E-state index < -0.39 is 11.9 Å². The average molecular weight is 223 g/mol. The van der Waals surface area contributed by atoms with E-state index in [2.05, 4.69) is 10.2 Å². The lowest BCUT2D eigenvalue weighted by atomic mass is 10.1. The Kier molecular flexibility index (Phi) is 2.64. The van der Waals surface area contributed by atoms with Crippen LogP contribution in [0.15, 0.2) is 6.07 Å². The van der Waals surface area contributed by atoms with Gasteiger partial charge < -0.3 is 10.0 Å². The standard InChI is InChI=1S/C10H13N3O3/c1-6-4-8(12-11-6)9(14)13-3-2-7(5-13)10(15)16/h4,7H,2-3,5H2,1H3,(H,11,12)(H,15,16). The van der Waals surface area contributed by atoms with E-state index in [0.717, 1.165) is 5.69 Å². The fourth-order valence-corrected chi connectivity index (χ4v) is 1.84. The maximum absolute atomic E-state index is 11.9. The minimum absolute atomic E-state index is 0.201. The maximum atomic E-state index is 11.9. The Bertz CT molecular complexity index is 427. The first-order chi connectivity index (χ1) is 7.58. The van der Waals surface area contributed by atoms with Gasteiger partial charge in [0.2, 0.25) is 0 Å². The summed E-state index contributed by atoms with van der Waals surface area (Å²) in [6.07, 6.45) is 0.518. The third kappa shape index (κ3) is 1.91. The van der Waals surface area contributed by atoms with Gasteiger partial charge in [0, 0.05) is 18.8 Å². The van der Waals surface area contributed by atoms with Crippen LogP contribution in [0.5, 0.6) is 0 Å². The number of aromatic nitrogens is 2. The summed E-state index contributed by atoms with van der Waals surface area (Å²) in [5.74, 6) is -1.48. The molecule has 2 heterocycles. The van der Waals surface area contributed by atoms with E-state index in [-0.39, 0.29) is 12.5 Å². The zero-order valence-corrected chi connectivity index (χ0v) is 8.93. The quantitative estimate of drug-likeness (QED) is 0.753. The fourth-order valence-electron chi connectivity index (χ4n) is 1.84. The molecule has 6 heteroatoms. The van der Waals surface area contributed by atoms with Crippen LogP contribution in [0.25, 0.3) is 0 Å². The van der Waals surface area contributed by atoms with Crippen LogP contribution in [0.4, 0.5) is 0 Å². The van der Waals surface area contributed by atoms with Crippen LogP contribution in [0.3, 0.4) is 0 Å². The van der Waals surface area contributed by atoms with Crippen molar-refractivity contribution in [3.63, 3.8) is 0 Å². The van der Waals surface area contributed by atoms with Crippen LogP contribution in [0, 0.1) is 12.8 Å². The van der Waals surface area contributed by atoms with Crippen LogP contribution in [-0.2, 0) is 4.79 Å². The smallest absolute Gasteiger partial charge is 0.308 e. The molecule has 1 saturated heterocycles. The molecule has 1 aromatic rings. The molecule has 16 heavy (non-hydrogen) atoms. The van der Waals surface area contributed by atoms with E-state index in [4.69, 9.17) is 5.11 Å². The molecule has 1 amide bonds. The lowest BCUT2D eigenvalue weighted by Gasteiger charge is -2.13. The highest BCUT2D eigenvalue weighted by atomic mass is 16.4. The highest BCUT2D eigenvalue weighted by molar-refractivity contribution is 5.93. The van der Waals surface area contributed by atoms with Gasteiger partial charge in [0.15, 0.2) is 0 Å². The summed E-state index contributed by atoms with van der Waals surface area (Å²) >= 11 is 0. The first-order valence-corrected chi connectivity index (χ1v) is 5.12. The number of likely N-dealkylation sites (tertiary alicyclic amines) is 1. The molecule has 0 saturated carbocycles. The topological polar surface area (TPSA) is 86.3 Å². The number of carbonyl (C=O) groups excluding carboxylic acids is 1. The van der Waals surface area contributed by atoms with Gasteiger partial charge in [-0.2, -0.15) is 5.10 Å². The zero-order valence-electron chi connectivity index (χ0n) is 8.93. The lowest BCUT2D eigenvalue weighted by Crippen LogP contribution is -2.30. The van der Waals surface area contributed by atoms with Gasteiger partial charge in [-0.25, -0.2) is 0 Å². The van der Waals surface area contributed by atoms with E-state index in [1.807, 2.05) is 6.92 Å². The number of amides is 1. The molecule has 2 rings (SSSR count). The molecule has 86 valence electrons. The number of hydrogen-bond donors (Lipinski definition) is 2. The first-order valence-electron chi connectivity index (χ1n) is 5.12. The van der Waals surface area contributed by atoms with Crippen molar-refractivity contribution in [3.8, 4) is 0 Å². The average Bonchev–Trinajstić information content (AvgIpc) is 2.84. The van der Waals surface area contributed by atoms with Crippen molar-refractivity contribution in [1.82, 2.24) is 15.1 Å². The van der Waals surface area contributed by atoms with E-state index >= 15 is 0 Å². The van der Waals surface area contributed by atoms with Gasteiger partial charge >= 0.3 is 5.97 Å². The third-order valence-corrected chi connectivity index (χ3v) is 2.75. The number of hydrogen-bond acceptors (Lipinski definition) is 3. The van der Waals surface area contributed by atoms with E-state index in [0.29, 0.717) is 18.7 Å². The number of aryl methyl sites for hydroxylation is 1. The molecule has 0 radical (unpaired) electrons. The Labute approximate surface area is 92.3 Å². The number of rotatable bonds is 2. The van der Waals surface area contributed by atoms with Gasteiger partial charge in [-0.3, -0.25) is 14.7 Å². The van der Waals surface area contributed by atoms with Gasteiger partial charge in [-0.15, -0.1) is 0 Å². The molecule has 0 aliphatic carbocycles. The number of carboxylic acids is 1. The largest absolute Gasteiger partial charge is 0.481 e. The molecule has 1 aromatic heterocycles. The van der Waals surface area contributed by atoms with Crippen LogP contribution in [-0.4, -0.2) is 45.2 Å². The molecule has 2 N–H and O–H groups in total. The van der Waals surface area contributed by atoms with E-state index in [1.54, 1.807) is 6.07 Å². The SMILES string of the molecule is Cc1cc(C(=O)N2CCC(C(=O)O)C2)n[nH]1. The van der Waals surface area contributed by atoms with Crippen molar-refractivity contribution in [1.29, 1.82) is 0 Å². The van der Waals surface area contributed by atoms with Crippen molar-refractivity contribution in [2.45, 2.75) is 13.3 Å². The van der Waals surface area contributed by atoms with E-state index in [1.165, 1.54) is 4.90 Å². The second-order valence-corrected chi connectivity index (χ2v) is 4.01. The summed E-state index contributed by atoms with van der Waals surface area (Å²) in [6, 6.07) is 1.66. The van der Waals surface area contributed by atoms with Crippen molar-refractivity contribution in [2.24, 2.45) is 5.92 Å². The van der Waals surface area contributed by atoms with Gasteiger partial charge in [0.05, 0.1) is 5.92 Å². The Balaban J connectivity index is 2.05. The minimum atomic E-state index is -0.839. The number of nitrogens with one attached hydrogen (secondary N) is 1. The maximum Gasteiger partial charge on any atom is 0.308 e. The molecule has 1 aliphatic heterocycles. The summed E-state index contributed by atoms with van der Waals surface area (Å²) < 4.78 is 0. The van der Waals surface area contributed by atoms with Gasteiger partial charge in [0.25, 0.3) is 5.91 Å². The summed E-state index contributed by atoms with van der Waals surface area (Å²) in [6.45, 7) is 2.58. The summed E-state index contributed by atoms with van der Waals surface area (Å²) in [7, 11) is 0. The lowest BCUT2D eigenvalue weighted by molar-refractivity contribution is -0.141. The highest BCUT2D eigenvalue weighted by Crippen LogP contribution is 2.18. The van der Waals surface area contributed by atoms with Crippen LogP contribution < -0.4 is 0 Å². The second kappa shape index (κ2) is 3.96. The normalized spacial score (nSPS) is 20.1. The summed E-state index contributed by atoms with van der Waals surface area (Å²) in [4.78, 5) is 24.2. The zero-order chi connectivity index (χ0) is 11.7. The van der Waals surface area contributed by atoms with Crippen LogP contribution >= 0.6 is 0 Å². The van der Waals surface area contributed by atoms with Gasteiger partial charge in [0.1, 0.15) is 5.69 Å². The first kappa shape index (κ1) is 10.7. The van der Waals surface area contributed by atoms with Crippen LogP contribution in [0.2, 0.25) is 0 Å². The van der Waals surface area contributed by atoms with Gasteiger partial charge in [-0.05, 0) is 19.4 Å². The molecule has 1 unspecified atom stereocenters. The molecule has 1 atom stereocenters. The molecule has 6 nitrogen and oxygen atoms in total. The number of carboxylic acid groups (broad SMARTS) is 1. The number of aromatic amines is 1. The number of carbonyl (C=O) groups is 2. The van der Waals surface area contributed by atoms with E-state index in [9.17, 15) is 9.59 Å². The molecule has 0 bridgehead atoms. The van der Waals surface area contributed by atoms with Crippen molar-refractivity contribution in [2.75, 3.05) is 13.1 Å². The van der Waals surface area contributed by atoms with Crippen molar-refractivity contribution in [3.05, 3.63) is 17.5 Å². The molecular formula is C10H13N3O3. The predicted molar refractivity (Wildman–Crippen MR) is 55.0 cm³/mol. The number of H-pyrrole nitrogens is 1. The minimum Gasteiger partial charge on any atom is -0.481 e. The Morgan fingerprint density at radius 2 is 2.38 bits per heavy atom. The monoisotopic (exact) mass is 223 g/mol. The Hall–Kier alpha value is -1.85. The highest BCUT2D eigenvalue weighted by Gasteiger charge is 2.31. The fraction of sp³-hybridized carbons (Fsp3) is 0.500. The van der Waals surface area contributed by atoms with Crippen molar-refractivity contribution < 1.29 is 14.7 Å². The van der Waals surface area contributed by atoms with Gasteiger partial charge in [-0.1, -0.05) is 0 Å². The van der Waals surface area contributed by atoms with Crippen LogP contribution in [0.1, 0.15) is 22.6 Å². The number of aliphatic carboxylic acids is 1. The summed E-state index contributed by atoms with van der Waals surface area (Å²) in [5, 5.41) is 15.4. The predicted octanol–water partition coefficient (Wildman–Crippen LogP) is 0.265. The molecule has 1 fully saturated rings. The number of nitrogens with zero attached hydrogens (tertiary/aromatic N) is 2. The van der Waals surface area contributed by atoms with Crippen molar-refractivity contribution >= 4 is 11.9 Å². The third-order valence-electron chi connectivity index (χ3n) is 2.75. The summed E-state index contributed by atoms with van der Waals surface area (Å²) in [5.41, 5.74) is 1.17. The Morgan fingerprint density at radius 3 is 2.88 bits per heavy atom. The second-order valence-electron chi connectivity index (χ2n) is 4.01. The Morgan fingerprint density at radius 1 is 1.62 bits per heavy atom. The molecular weight excluding hydrogens is 210 g/mol.